The summed E-state index contributed by atoms with van der Waals surface area (Å²) in [6.07, 6.45) is 2.04. The fraction of sp³-hybridized carbons (Fsp3) is 0.364. The summed E-state index contributed by atoms with van der Waals surface area (Å²) >= 11 is 0. The highest BCUT2D eigenvalue weighted by Gasteiger charge is 2.18. The molecule has 0 aliphatic carbocycles. The Bertz CT molecular complexity index is 880. The SMILES string of the molecule is COc1ccccc1NC(=O)COc1ccc(C(=O)NC[C@H]2CCCO2)cc1OC. The van der Waals surface area contributed by atoms with Gasteiger partial charge in [0.2, 0.25) is 0 Å². The van der Waals surface area contributed by atoms with Crippen LogP contribution in [0.25, 0.3) is 0 Å². The average molecular weight is 414 g/mol. The molecule has 0 aromatic heterocycles. The predicted octanol–water partition coefficient (Wildman–Crippen LogP) is 2.63. The summed E-state index contributed by atoms with van der Waals surface area (Å²) in [7, 11) is 3.01. The number of ether oxygens (including phenoxy) is 4. The molecular formula is C22H26N2O6. The minimum absolute atomic E-state index is 0.0696. The van der Waals surface area contributed by atoms with Gasteiger partial charge in [0.25, 0.3) is 11.8 Å². The molecule has 2 N–H and O–H groups in total. The Morgan fingerprint density at radius 3 is 2.60 bits per heavy atom. The van der Waals surface area contributed by atoms with Crippen LogP contribution in [0.2, 0.25) is 0 Å². The number of nitrogens with one attached hydrogen (secondary N) is 2. The molecule has 1 heterocycles. The van der Waals surface area contributed by atoms with Crippen molar-refractivity contribution in [2.45, 2.75) is 18.9 Å². The number of carbonyl (C=O) groups excluding carboxylic acids is 2. The van der Waals surface area contributed by atoms with Crippen LogP contribution in [0.15, 0.2) is 42.5 Å². The fourth-order valence-electron chi connectivity index (χ4n) is 3.12. The topological polar surface area (TPSA) is 95.1 Å². The van der Waals surface area contributed by atoms with Gasteiger partial charge in [-0.3, -0.25) is 9.59 Å². The molecule has 1 atom stereocenters. The minimum Gasteiger partial charge on any atom is -0.495 e. The van der Waals surface area contributed by atoms with Gasteiger partial charge in [0.1, 0.15) is 5.75 Å². The Kier molecular flexibility index (Phi) is 7.51. The first kappa shape index (κ1) is 21.4. The molecule has 160 valence electrons. The third kappa shape index (κ3) is 5.64. The van der Waals surface area contributed by atoms with E-state index in [2.05, 4.69) is 10.6 Å². The largest absolute Gasteiger partial charge is 0.495 e. The van der Waals surface area contributed by atoms with Crippen molar-refractivity contribution in [1.29, 1.82) is 0 Å². The summed E-state index contributed by atoms with van der Waals surface area (Å²) in [5.74, 6) is 0.721. The lowest BCUT2D eigenvalue weighted by molar-refractivity contribution is -0.118. The van der Waals surface area contributed by atoms with Crippen LogP contribution in [0.5, 0.6) is 17.2 Å². The molecule has 30 heavy (non-hydrogen) atoms. The smallest absolute Gasteiger partial charge is 0.262 e. The second-order valence-corrected chi connectivity index (χ2v) is 6.75. The average Bonchev–Trinajstić information content (AvgIpc) is 3.30. The monoisotopic (exact) mass is 414 g/mol. The van der Waals surface area contributed by atoms with Gasteiger partial charge < -0.3 is 29.6 Å². The molecule has 3 rings (SSSR count). The van der Waals surface area contributed by atoms with Gasteiger partial charge in [0, 0.05) is 18.7 Å². The van der Waals surface area contributed by atoms with E-state index < -0.39 is 0 Å². The van der Waals surface area contributed by atoms with Crippen LogP contribution in [0.4, 0.5) is 5.69 Å². The summed E-state index contributed by atoms with van der Waals surface area (Å²) in [5, 5.41) is 5.60. The normalized spacial score (nSPS) is 15.3. The van der Waals surface area contributed by atoms with Crippen LogP contribution in [0, 0.1) is 0 Å². The summed E-state index contributed by atoms with van der Waals surface area (Å²) in [4.78, 5) is 24.6. The Hall–Kier alpha value is -3.26. The van der Waals surface area contributed by atoms with Crippen molar-refractivity contribution >= 4 is 17.5 Å². The molecule has 2 aromatic rings. The van der Waals surface area contributed by atoms with Crippen LogP contribution in [0.3, 0.4) is 0 Å². The van der Waals surface area contributed by atoms with Gasteiger partial charge in [-0.2, -0.15) is 0 Å². The Morgan fingerprint density at radius 2 is 1.87 bits per heavy atom. The van der Waals surface area contributed by atoms with Crippen molar-refractivity contribution in [3.63, 3.8) is 0 Å². The van der Waals surface area contributed by atoms with Crippen LogP contribution >= 0.6 is 0 Å². The highest BCUT2D eigenvalue weighted by Crippen LogP contribution is 2.28. The predicted molar refractivity (Wildman–Crippen MR) is 111 cm³/mol. The molecule has 0 bridgehead atoms. The van der Waals surface area contributed by atoms with Gasteiger partial charge in [0.15, 0.2) is 18.1 Å². The summed E-state index contributed by atoms with van der Waals surface area (Å²) < 4.78 is 21.6. The molecule has 8 nitrogen and oxygen atoms in total. The number of para-hydroxylation sites is 2. The quantitative estimate of drug-likeness (QED) is 0.655. The van der Waals surface area contributed by atoms with Crippen molar-refractivity contribution in [2.75, 3.05) is 39.3 Å². The van der Waals surface area contributed by atoms with Crippen LogP contribution in [-0.4, -0.2) is 51.9 Å². The van der Waals surface area contributed by atoms with Gasteiger partial charge in [-0.1, -0.05) is 12.1 Å². The highest BCUT2D eigenvalue weighted by molar-refractivity contribution is 5.95. The zero-order valence-corrected chi connectivity index (χ0v) is 17.1. The summed E-state index contributed by atoms with van der Waals surface area (Å²) in [5.41, 5.74) is 0.995. The molecule has 1 aliphatic heterocycles. The van der Waals surface area contributed by atoms with Crippen LogP contribution in [0.1, 0.15) is 23.2 Å². The molecule has 0 radical (unpaired) electrons. The first-order valence-corrected chi connectivity index (χ1v) is 9.74. The Labute approximate surface area is 175 Å². The van der Waals surface area contributed by atoms with Crippen LogP contribution in [-0.2, 0) is 9.53 Å². The summed E-state index contributed by atoms with van der Waals surface area (Å²) in [6, 6.07) is 11.9. The maximum Gasteiger partial charge on any atom is 0.262 e. The number of anilines is 1. The Morgan fingerprint density at radius 1 is 1.07 bits per heavy atom. The van der Waals surface area contributed by atoms with E-state index in [0.29, 0.717) is 35.0 Å². The molecule has 8 heteroatoms. The molecule has 1 aliphatic rings. The van der Waals surface area contributed by atoms with Crippen molar-refractivity contribution in [3.8, 4) is 17.2 Å². The van der Waals surface area contributed by atoms with E-state index in [4.69, 9.17) is 18.9 Å². The number of rotatable bonds is 9. The zero-order chi connectivity index (χ0) is 21.3. The number of benzene rings is 2. The molecular weight excluding hydrogens is 388 g/mol. The fourth-order valence-corrected chi connectivity index (χ4v) is 3.12. The maximum absolute atomic E-state index is 12.4. The number of carbonyl (C=O) groups is 2. The third-order valence-corrected chi connectivity index (χ3v) is 4.68. The molecule has 0 spiro atoms. The standard InChI is InChI=1S/C22H26N2O6/c1-27-18-8-4-3-7-17(18)24-21(25)14-30-19-10-9-15(12-20(19)28-2)22(26)23-13-16-6-5-11-29-16/h3-4,7-10,12,16H,5-6,11,13-14H2,1-2H3,(H,23,26)(H,24,25)/t16-/m1/s1. The van der Waals surface area contributed by atoms with Crippen molar-refractivity contribution in [1.82, 2.24) is 5.32 Å². The lowest BCUT2D eigenvalue weighted by Crippen LogP contribution is -2.31. The molecule has 1 saturated heterocycles. The van der Waals surface area contributed by atoms with E-state index >= 15 is 0 Å². The van der Waals surface area contributed by atoms with Crippen molar-refractivity contribution in [2.24, 2.45) is 0 Å². The lowest BCUT2D eigenvalue weighted by Gasteiger charge is -2.14. The van der Waals surface area contributed by atoms with Crippen molar-refractivity contribution < 1.29 is 28.5 Å². The van der Waals surface area contributed by atoms with Gasteiger partial charge in [-0.05, 0) is 43.2 Å². The number of hydrogen-bond acceptors (Lipinski definition) is 6. The highest BCUT2D eigenvalue weighted by atomic mass is 16.5. The van der Waals surface area contributed by atoms with Gasteiger partial charge in [-0.15, -0.1) is 0 Å². The van der Waals surface area contributed by atoms with Gasteiger partial charge in [-0.25, -0.2) is 0 Å². The van der Waals surface area contributed by atoms with Gasteiger partial charge >= 0.3 is 0 Å². The second kappa shape index (κ2) is 10.5. The number of amides is 2. The molecule has 0 unspecified atom stereocenters. The van der Waals surface area contributed by atoms with E-state index in [0.717, 1.165) is 19.4 Å². The first-order valence-electron chi connectivity index (χ1n) is 9.74. The third-order valence-electron chi connectivity index (χ3n) is 4.68. The summed E-state index contributed by atoms with van der Waals surface area (Å²) in [6.45, 7) is 0.993. The molecule has 2 amide bonds. The number of methoxy groups -OCH3 is 2. The lowest BCUT2D eigenvalue weighted by atomic mass is 10.1. The molecule has 2 aromatic carbocycles. The molecule has 1 fully saturated rings. The van der Waals surface area contributed by atoms with E-state index in [9.17, 15) is 9.59 Å². The first-order chi connectivity index (χ1) is 14.6. The zero-order valence-electron chi connectivity index (χ0n) is 17.1. The minimum atomic E-state index is -0.347. The Balaban J connectivity index is 1.56. The van der Waals surface area contributed by atoms with E-state index in [1.165, 1.54) is 14.2 Å². The maximum atomic E-state index is 12.4. The van der Waals surface area contributed by atoms with E-state index in [-0.39, 0.29) is 24.5 Å². The van der Waals surface area contributed by atoms with Crippen molar-refractivity contribution in [3.05, 3.63) is 48.0 Å². The second-order valence-electron chi connectivity index (χ2n) is 6.75. The van der Waals surface area contributed by atoms with E-state index in [1.807, 2.05) is 6.07 Å². The van der Waals surface area contributed by atoms with E-state index in [1.54, 1.807) is 36.4 Å². The van der Waals surface area contributed by atoms with Gasteiger partial charge in [0.05, 0.1) is 26.0 Å². The number of hydrogen-bond donors (Lipinski definition) is 2. The molecule has 0 saturated carbocycles. The van der Waals surface area contributed by atoms with Crippen LogP contribution < -0.4 is 24.8 Å².